The van der Waals surface area contributed by atoms with Crippen molar-refractivity contribution in [2.45, 2.75) is 63.5 Å². The van der Waals surface area contributed by atoms with E-state index in [0.29, 0.717) is 12.3 Å². The molecule has 0 aromatic rings. The molecule has 0 aromatic carbocycles. The van der Waals surface area contributed by atoms with E-state index in [9.17, 15) is 4.79 Å². The molecule has 3 heterocycles. The van der Waals surface area contributed by atoms with E-state index >= 15 is 0 Å². The monoisotopic (exact) mass is 280 g/mol. The summed E-state index contributed by atoms with van der Waals surface area (Å²) >= 11 is 0. The van der Waals surface area contributed by atoms with Gasteiger partial charge in [0.15, 0.2) is 0 Å². The van der Waals surface area contributed by atoms with Crippen LogP contribution in [-0.4, -0.2) is 59.1 Å². The van der Waals surface area contributed by atoms with Gasteiger partial charge in [0.05, 0.1) is 0 Å². The molecular formula is C16H28N2O2. The smallest absolute Gasteiger partial charge is 0.303 e. The van der Waals surface area contributed by atoms with Gasteiger partial charge < -0.3 is 5.11 Å². The zero-order valence-corrected chi connectivity index (χ0v) is 12.5. The van der Waals surface area contributed by atoms with Crippen LogP contribution in [0.3, 0.4) is 0 Å². The largest absolute Gasteiger partial charge is 0.481 e. The van der Waals surface area contributed by atoms with Gasteiger partial charge >= 0.3 is 5.97 Å². The molecule has 0 aromatic heterocycles. The Hall–Kier alpha value is -0.610. The molecule has 4 nitrogen and oxygen atoms in total. The van der Waals surface area contributed by atoms with Crippen LogP contribution in [0.1, 0.15) is 51.4 Å². The molecule has 0 saturated carbocycles. The van der Waals surface area contributed by atoms with Crippen molar-refractivity contribution in [3.05, 3.63) is 0 Å². The average molecular weight is 280 g/mol. The number of fused-ring (bicyclic) bond motifs is 1. The summed E-state index contributed by atoms with van der Waals surface area (Å²) in [6.45, 7) is 5.00. The molecule has 3 rings (SSSR count). The van der Waals surface area contributed by atoms with Crippen LogP contribution in [0.4, 0.5) is 0 Å². The minimum atomic E-state index is -0.638. The van der Waals surface area contributed by atoms with Gasteiger partial charge in [-0.05, 0) is 64.1 Å². The van der Waals surface area contributed by atoms with E-state index in [2.05, 4.69) is 9.80 Å². The van der Waals surface area contributed by atoms with Crippen molar-refractivity contribution in [2.75, 3.05) is 26.2 Å². The van der Waals surface area contributed by atoms with Gasteiger partial charge in [0.1, 0.15) is 0 Å². The maximum absolute atomic E-state index is 10.7. The van der Waals surface area contributed by atoms with Crippen molar-refractivity contribution in [2.24, 2.45) is 5.92 Å². The molecule has 0 bridgehead atoms. The second kappa shape index (κ2) is 6.44. The van der Waals surface area contributed by atoms with E-state index in [-0.39, 0.29) is 0 Å². The van der Waals surface area contributed by atoms with E-state index in [1.807, 2.05) is 0 Å². The van der Waals surface area contributed by atoms with Crippen molar-refractivity contribution in [3.63, 3.8) is 0 Å². The zero-order valence-electron chi connectivity index (χ0n) is 12.5. The van der Waals surface area contributed by atoms with Crippen LogP contribution in [-0.2, 0) is 4.79 Å². The molecule has 0 radical (unpaired) electrons. The molecule has 4 heteroatoms. The molecule has 114 valence electrons. The maximum atomic E-state index is 10.7. The summed E-state index contributed by atoms with van der Waals surface area (Å²) in [4.78, 5) is 16.1. The first-order chi connectivity index (χ1) is 9.74. The Morgan fingerprint density at radius 2 is 1.55 bits per heavy atom. The molecule has 3 aliphatic heterocycles. The first-order valence-electron chi connectivity index (χ1n) is 8.44. The SMILES string of the molecule is O=C(O)CCC1CCN(C2CCN3CCCCC23)CC1. The van der Waals surface area contributed by atoms with Gasteiger partial charge in [-0.3, -0.25) is 14.6 Å². The summed E-state index contributed by atoms with van der Waals surface area (Å²) in [6.07, 6.45) is 9.18. The van der Waals surface area contributed by atoms with Gasteiger partial charge in [-0.2, -0.15) is 0 Å². The average Bonchev–Trinajstić information content (AvgIpc) is 2.89. The Morgan fingerprint density at radius 1 is 0.900 bits per heavy atom. The lowest BCUT2D eigenvalue weighted by Gasteiger charge is -2.41. The highest BCUT2D eigenvalue weighted by Crippen LogP contribution is 2.33. The lowest BCUT2D eigenvalue weighted by Crippen LogP contribution is -2.49. The summed E-state index contributed by atoms with van der Waals surface area (Å²) in [5.74, 6) is 0.00674. The van der Waals surface area contributed by atoms with Crippen molar-refractivity contribution in [3.8, 4) is 0 Å². The van der Waals surface area contributed by atoms with E-state index < -0.39 is 5.97 Å². The topological polar surface area (TPSA) is 43.8 Å². The molecule has 0 amide bonds. The highest BCUT2D eigenvalue weighted by Gasteiger charge is 2.39. The van der Waals surface area contributed by atoms with E-state index in [0.717, 1.165) is 18.5 Å². The van der Waals surface area contributed by atoms with Gasteiger partial charge in [0.2, 0.25) is 0 Å². The third-order valence-corrected chi connectivity index (χ3v) is 5.71. The molecule has 1 N–H and O–H groups in total. The van der Waals surface area contributed by atoms with Crippen molar-refractivity contribution < 1.29 is 9.90 Å². The predicted molar refractivity (Wildman–Crippen MR) is 78.8 cm³/mol. The number of likely N-dealkylation sites (tertiary alicyclic amines) is 1. The number of carboxylic acids is 1. The first kappa shape index (κ1) is 14.3. The molecule has 2 unspecified atom stereocenters. The number of nitrogens with zero attached hydrogens (tertiary/aromatic N) is 2. The molecule has 3 aliphatic rings. The van der Waals surface area contributed by atoms with Gasteiger partial charge in [-0.1, -0.05) is 6.42 Å². The van der Waals surface area contributed by atoms with E-state index in [1.165, 1.54) is 64.7 Å². The molecule has 2 atom stereocenters. The zero-order chi connectivity index (χ0) is 13.9. The Bertz CT molecular complexity index is 339. The standard InChI is InChI=1S/C16H28N2O2/c19-16(20)5-4-13-6-10-18(11-7-13)15-8-12-17-9-2-1-3-14(15)17/h13-15H,1-12H2,(H,19,20). The quantitative estimate of drug-likeness (QED) is 0.857. The Labute approximate surface area is 122 Å². The molecule has 0 spiro atoms. The summed E-state index contributed by atoms with van der Waals surface area (Å²) < 4.78 is 0. The number of hydrogen-bond donors (Lipinski definition) is 1. The van der Waals surface area contributed by atoms with Crippen LogP contribution >= 0.6 is 0 Å². The summed E-state index contributed by atoms with van der Waals surface area (Å²) in [7, 11) is 0. The Morgan fingerprint density at radius 3 is 2.30 bits per heavy atom. The van der Waals surface area contributed by atoms with Gasteiger partial charge in [0, 0.05) is 25.0 Å². The molecule has 20 heavy (non-hydrogen) atoms. The van der Waals surface area contributed by atoms with E-state index in [1.54, 1.807) is 0 Å². The fourth-order valence-corrected chi connectivity index (χ4v) is 4.55. The Kier molecular flexibility index (Phi) is 4.61. The highest BCUT2D eigenvalue weighted by atomic mass is 16.4. The van der Waals surface area contributed by atoms with Crippen LogP contribution < -0.4 is 0 Å². The van der Waals surface area contributed by atoms with Gasteiger partial charge in [-0.15, -0.1) is 0 Å². The lowest BCUT2D eigenvalue weighted by molar-refractivity contribution is -0.137. The summed E-state index contributed by atoms with van der Waals surface area (Å²) in [5.41, 5.74) is 0. The summed E-state index contributed by atoms with van der Waals surface area (Å²) in [5, 5.41) is 8.78. The van der Waals surface area contributed by atoms with Crippen molar-refractivity contribution >= 4 is 5.97 Å². The normalized spacial score (nSPS) is 33.2. The van der Waals surface area contributed by atoms with Gasteiger partial charge in [-0.25, -0.2) is 0 Å². The van der Waals surface area contributed by atoms with Crippen LogP contribution in [0.5, 0.6) is 0 Å². The number of carbonyl (C=O) groups is 1. The lowest BCUT2D eigenvalue weighted by atomic mass is 9.89. The van der Waals surface area contributed by atoms with Crippen molar-refractivity contribution in [1.29, 1.82) is 0 Å². The van der Waals surface area contributed by atoms with Crippen LogP contribution in [0.2, 0.25) is 0 Å². The molecule has 3 fully saturated rings. The Balaban J connectivity index is 1.47. The highest BCUT2D eigenvalue weighted by molar-refractivity contribution is 5.66. The molecule has 0 aliphatic carbocycles. The van der Waals surface area contributed by atoms with Gasteiger partial charge in [0.25, 0.3) is 0 Å². The van der Waals surface area contributed by atoms with Crippen LogP contribution in [0.25, 0.3) is 0 Å². The predicted octanol–water partition coefficient (Wildman–Crippen LogP) is 2.19. The van der Waals surface area contributed by atoms with Crippen molar-refractivity contribution in [1.82, 2.24) is 9.80 Å². The number of carboxylic acid groups (broad SMARTS) is 1. The third kappa shape index (κ3) is 3.17. The minimum Gasteiger partial charge on any atom is -0.481 e. The van der Waals surface area contributed by atoms with Crippen LogP contribution in [0.15, 0.2) is 0 Å². The third-order valence-electron chi connectivity index (χ3n) is 5.71. The number of piperidine rings is 2. The fraction of sp³-hybridized carbons (Fsp3) is 0.938. The number of hydrogen-bond acceptors (Lipinski definition) is 3. The number of rotatable bonds is 4. The molecular weight excluding hydrogens is 252 g/mol. The minimum absolute atomic E-state index is 0.352. The maximum Gasteiger partial charge on any atom is 0.303 e. The number of aliphatic carboxylic acids is 1. The van der Waals surface area contributed by atoms with E-state index in [4.69, 9.17) is 5.11 Å². The second-order valence-electron chi connectivity index (χ2n) is 6.87. The fourth-order valence-electron chi connectivity index (χ4n) is 4.55. The molecule has 3 saturated heterocycles. The second-order valence-corrected chi connectivity index (χ2v) is 6.87. The summed E-state index contributed by atoms with van der Waals surface area (Å²) in [6, 6.07) is 1.61. The first-order valence-corrected chi connectivity index (χ1v) is 8.44. The van der Waals surface area contributed by atoms with Crippen LogP contribution in [0, 0.1) is 5.92 Å².